The van der Waals surface area contributed by atoms with E-state index in [1.165, 1.54) is 64.7 Å². The maximum atomic E-state index is 6.32. The third kappa shape index (κ3) is 4.84. The van der Waals surface area contributed by atoms with E-state index in [9.17, 15) is 0 Å². The van der Waals surface area contributed by atoms with E-state index < -0.39 is 5.41 Å². The third-order valence-corrected chi connectivity index (χ3v) is 13.3. The predicted molar refractivity (Wildman–Crippen MR) is 244 cm³/mol. The highest BCUT2D eigenvalue weighted by molar-refractivity contribution is 7.26. The van der Waals surface area contributed by atoms with Gasteiger partial charge in [0.15, 0.2) is 0 Å². The zero-order chi connectivity index (χ0) is 38.2. The Balaban J connectivity index is 1.12. The van der Waals surface area contributed by atoms with Crippen molar-refractivity contribution in [2.24, 2.45) is 0 Å². The van der Waals surface area contributed by atoms with Crippen molar-refractivity contribution < 1.29 is 4.42 Å². The van der Waals surface area contributed by atoms with Gasteiger partial charge in [0.2, 0.25) is 0 Å². The highest BCUT2D eigenvalue weighted by atomic mass is 32.1. The molecule has 9 aromatic carbocycles. The number of furan rings is 1. The molecule has 0 spiro atoms. The zero-order valence-electron chi connectivity index (χ0n) is 31.5. The molecule has 0 saturated carbocycles. The first-order valence-corrected chi connectivity index (χ1v) is 20.6. The third-order valence-electron chi connectivity index (χ3n) is 12.2. The number of benzene rings is 9. The van der Waals surface area contributed by atoms with Crippen LogP contribution in [0, 0.1) is 0 Å². The summed E-state index contributed by atoms with van der Waals surface area (Å²) in [4.78, 5) is 2.43. The fraction of sp³-hybridized carbons (Fsp3) is 0.0182. The quantitative estimate of drug-likeness (QED) is 0.168. The number of hydrogen-bond acceptors (Lipinski definition) is 3. The van der Waals surface area contributed by atoms with E-state index in [0.29, 0.717) is 0 Å². The van der Waals surface area contributed by atoms with Crippen LogP contribution in [0.4, 0.5) is 17.1 Å². The van der Waals surface area contributed by atoms with Gasteiger partial charge in [0.1, 0.15) is 11.2 Å². The van der Waals surface area contributed by atoms with Crippen LogP contribution in [-0.4, -0.2) is 0 Å². The van der Waals surface area contributed by atoms with E-state index in [1.807, 2.05) is 23.5 Å². The SMILES string of the molecule is c1ccc(-c2ccc(N(c3ccc4oc5ccccc5c4c3)c3cccc4sc5ccc(C6(c7ccccc7)c7ccccc7-c7ccccc76)cc5c34)cc2)cc1. The minimum atomic E-state index is -0.480. The summed E-state index contributed by atoms with van der Waals surface area (Å²) in [6, 6.07) is 77.6. The van der Waals surface area contributed by atoms with Crippen molar-refractivity contribution in [3.8, 4) is 22.3 Å². The molecular weight excluding hydrogens is 723 g/mol. The molecule has 272 valence electrons. The summed E-state index contributed by atoms with van der Waals surface area (Å²) in [5.41, 5.74) is 14.8. The second-order valence-electron chi connectivity index (χ2n) is 15.2. The zero-order valence-corrected chi connectivity index (χ0v) is 32.3. The van der Waals surface area contributed by atoms with E-state index in [2.05, 4.69) is 205 Å². The van der Waals surface area contributed by atoms with E-state index in [1.54, 1.807) is 0 Å². The molecule has 0 amide bonds. The second kappa shape index (κ2) is 12.9. The van der Waals surface area contributed by atoms with Crippen molar-refractivity contribution in [1.82, 2.24) is 0 Å². The Labute approximate surface area is 340 Å². The molecule has 0 bridgehead atoms. The van der Waals surface area contributed by atoms with Crippen LogP contribution in [0.1, 0.15) is 22.3 Å². The number of thiophene rings is 1. The number of hydrogen-bond donors (Lipinski definition) is 0. The van der Waals surface area contributed by atoms with Gasteiger partial charge in [0.05, 0.1) is 11.1 Å². The largest absolute Gasteiger partial charge is 0.456 e. The molecular formula is C55H35NOS. The molecule has 2 aromatic heterocycles. The lowest BCUT2D eigenvalue weighted by Gasteiger charge is -2.34. The molecule has 0 radical (unpaired) electrons. The Kier molecular flexibility index (Phi) is 7.35. The van der Waals surface area contributed by atoms with Gasteiger partial charge in [-0.25, -0.2) is 0 Å². The summed E-state index contributed by atoms with van der Waals surface area (Å²) in [5.74, 6) is 0. The molecule has 0 atom stereocenters. The van der Waals surface area contributed by atoms with Gasteiger partial charge >= 0.3 is 0 Å². The Bertz CT molecular complexity index is 3300. The fourth-order valence-electron chi connectivity index (χ4n) is 9.65. The monoisotopic (exact) mass is 757 g/mol. The van der Waals surface area contributed by atoms with Crippen molar-refractivity contribution >= 4 is 70.5 Å². The van der Waals surface area contributed by atoms with Crippen LogP contribution in [0.15, 0.2) is 217 Å². The van der Waals surface area contributed by atoms with Gasteiger partial charge < -0.3 is 9.32 Å². The fourth-order valence-corrected chi connectivity index (χ4v) is 10.8. The number of anilines is 3. The molecule has 12 rings (SSSR count). The van der Waals surface area contributed by atoms with Crippen molar-refractivity contribution in [3.05, 3.63) is 235 Å². The molecule has 2 nitrogen and oxygen atoms in total. The average molecular weight is 758 g/mol. The van der Waals surface area contributed by atoms with Crippen LogP contribution in [0.2, 0.25) is 0 Å². The Hall–Kier alpha value is -7.20. The Morgan fingerprint density at radius 2 is 1.03 bits per heavy atom. The first-order chi connectivity index (χ1) is 28.8. The Morgan fingerprint density at radius 3 is 1.81 bits per heavy atom. The molecule has 58 heavy (non-hydrogen) atoms. The molecule has 0 N–H and O–H groups in total. The molecule has 0 aliphatic heterocycles. The van der Waals surface area contributed by atoms with Crippen molar-refractivity contribution in [3.63, 3.8) is 0 Å². The minimum Gasteiger partial charge on any atom is -0.456 e. The van der Waals surface area contributed by atoms with E-state index >= 15 is 0 Å². The maximum absolute atomic E-state index is 6.32. The summed E-state index contributed by atoms with van der Waals surface area (Å²) in [5, 5.41) is 4.72. The highest BCUT2D eigenvalue weighted by Crippen LogP contribution is 2.57. The molecule has 11 aromatic rings. The normalized spacial score (nSPS) is 13.0. The lowest BCUT2D eigenvalue weighted by molar-refractivity contribution is 0.669. The summed E-state index contributed by atoms with van der Waals surface area (Å²) >= 11 is 1.86. The topological polar surface area (TPSA) is 16.4 Å². The molecule has 3 heteroatoms. The van der Waals surface area contributed by atoms with Crippen LogP contribution in [-0.2, 0) is 5.41 Å². The van der Waals surface area contributed by atoms with E-state index in [0.717, 1.165) is 39.0 Å². The standard InChI is InChI=1S/C55H35NOS/c1-3-14-36(15-4-1)37-26-29-40(30-27-37)56(41-31-32-51-45(35-41)44-20-9-12-24-50(44)57-51)49-23-13-25-53-54(49)46-34-39(28-33-52(46)58-53)55(38-16-5-2-6-17-38)47-21-10-7-18-42(47)43-19-8-11-22-48(43)55/h1-35H. The number of fused-ring (bicyclic) bond motifs is 9. The minimum absolute atomic E-state index is 0.480. The number of nitrogens with zero attached hydrogens (tertiary/aromatic N) is 1. The summed E-state index contributed by atoms with van der Waals surface area (Å²) in [7, 11) is 0. The van der Waals surface area contributed by atoms with Gasteiger partial charge in [-0.3, -0.25) is 0 Å². The van der Waals surface area contributed by atoms with E-state index in [-0.39, 0.29) is 0 Å². The highest BCUT2D eigenvalue weighted by Gasteiger charge is 2.46. The lowest BCUT2D eigenvalue weighted by atomic mass is 9.67. The maximum Gasteiger partial charge on any atom is 0.135 e. The molecule has 0 saturated heterocycles. The summed E-state index contributed by atoms with van der Waals surface area (Å²) in [6.07, 6.45) is 0. The molecule has 2 heterocycles. The van der Waals surface area contributed by atoms with Crippen molar-refractivity contribution in [2.45, 2.75) is 5.41 Å². The summed E-state index contributed by atoms with van der Waals surface area (Å²) in [6.45, 7) is 0. The van der Waals surface area contributed by atoms with Crippen LogP contribution in [0.5, 0.6) is 0 Å². The van der Waals surface area contributed by atoms with Crippen LogP contribution >= 0.6 is 11.3 Å². The van der Waals surface area contributed by atoms with Crippen LogP contribution < -0.4 is 4.90 Å². The van der Waals surface area contributed by atoms with E-state index in [4.69, 9.17) is 4.42 Å². The number of para-hydroxylation sites is 1. The van der Waals surface area contributed by atoms with Gasteiger partial charge in [-0.15, -0.1) is 11.3 Å². The first-order valence-electron chi connectivity index (χ1n) is 19.8. The molecule has 0 unspecified atom stereocenters. The lowest BCUT2D eigenvalue weighted by Crippen LogP contribution is -2.28. The molecule has 1 aliphatic carbocycles. The van der Waals surface area contributed by atoms with Crippen molar-refractivity contribution in [2.75, 3.05) is 4.90 Å². The van der Waals surface area contributed by atoms with Gasteiger partial charge in [0, 0.05) is 42.3 Å². The average Bonchev–Trinajstić information content (AvgIpc) is 3.96. The van der Waals surface area contributed by atoms with Gasteiger partial charge in [-0.05, 0) is 105 Å². The number of rotatable bonds is 6. The predicted octanol–water partition coefficient (Wildman–Crippen LogP) is 15.5. The Morgan fingerprint density at radius 1 is 0.397 bits per heavy atom. The van der Waals surface area contributed by atoms with Gasteiger partial charge in [-0.1, -0.05) is 152 Å². The smallest absolute Gasteiger partial charge is 0.135 e. The van der Waals surface area contributed by atoms with Gasteiger partial charge in [-0.2, -0.15) is 0 Å². The van der Waals surface area contributed by atoms with Gasteiger partial charge in [0.25, 0.3) is 0 Å². The first kappa shape index (κ1) is 33.0. The summed E-state index contributed by atoms with van der Waals surface area (Å²) < 4.78 is 8.84. The van der Waals surface area contributed by atoms with Crippen LogP contribution in [0.3, 0.4) is 0 Å². The molecule has 0 fully saturated rings. The van der Waals surface area contributed by atoms with Crippen LogP contribution in [0.25, 0.3) is 64.4 Å². The van der Waals surface area contributed by atoms with Crippen molar-refractivity contribution in [1.29, 1.82) is 0 Å². The second-order valence-corrected chi connectivity index (χ2v) is 16.3. The molecule has 1 aliphatic rings.